The van der Waals surface area contributed by atoms with Crippen LogP contribution in [0.15, 0.2) is 66.7 Å². The van der Waals surface area contributed by atoms with E-state index in [0.717, 1.165) is 0 Å². The zero-order valence-corrected chi connectivity index (χ0v) is 10.9. The van der Waals surface area contributed by atoms with Crippen molar-refractivity contribution < 1.29 is 0 Å². The second kappa shape index (κ2) is 3.83. The van der Waals surface area contributed by atoms with E-state index in [4.69, 9.17) is 0 Å². The van der Waals surface area contributed by atoms with Gasteiger partial charge in [0.25, 0.3) is 0 Å². The average Bonchev–Trinajstić information content (AvgIpc) is 3.17. The fourth-order valence-corrected chi connectivity index (χ4v) is 2.84. The van der Waals surface area contributed by atoms with Crippen molar-refractivity contribution in [3.8, 4) is 0 Å². The number of hydrogen-bond donors (Lipinski definition) is 0. The summed E-state index contributed by atoms with van der Waals surface area (Å²) in [6.07, 6.45) is 0. The molecule has 0 nitrogen and oxygen atoms in total. The molecule has 3 aromatic carbocycles. The van der Waals surface area contributed by atoms with Gasteiger partial charge in [-0.3, -0.25) is 0 Å². The summed E-state index contributed by atoms with van der Waals surface area (Å²) in [4.78, 5) is 0. The Morgan fingerprint density at radius 2 is 1.21 bits per heavy atom. The van der Waals surface area contributed by atoms with E-state index < -0.39 is 0 Å². The molecule has 0 heterocycles. The first kappa shape index (κ1) is 10.6. The highest BCUT2D eigenvalue weighted by molar-refractivity contribution is 6.15. The van der Waals surface area contributed by atoms with E-state index in [0.29, 0.717) is 0 Å². The first-order valence-electron chi connectivity index (χ1n) is 6.64. The Bertz CT molecular complexity index is 763. The van der Waals surface area contributed by atoms with Crippen LogP contribution in [0.25, 0.3) is 21.9 Å². The Kier molecular flexibility index (Phi) is 2.13. The Labute approximate surface area is 113 Å². The number of fused-ring (bicyclic) bond motifs is 2. The molecule has 0 aliphatic heterocycles. The molecule has 0 saturated heterocycles. The quantitative estimate of drug-likeness (QED) is 0.434. The third-order valence-electron chi connectivity index (χ3n) is 3.94. The van der Waals surface area contributed by atoms with Gasteiger partial charge < -0.3 is 0 Å². The van der Waals surface area contributed by atoms with Crippen molar-refractivity contribution in [2.45, 2.75) is 6.92 Å². The summed E-state index contributed by atoms with van der Waals surface area (Å²) in [5, 5.41) is 2.66. The molecule has 0 radical (unpaired) electrons. The normalized spacial score (nSPS) is 12.4. The SMILES string of the molecule is CC(=C1c2cc3ccccc3cc21)c1ccccc1. The summed E-state index contributed by atoms with van der Waals surface area (Å²) in [6.45, 7) is 2.22. The van der Waals surface area contributed by atoms with Crippen LogP contribution in [0.3, 0.4) is 0 Å². The van der Waals surface area contributed by atoms with Crippen LogP contribution in [0.5, 0.6) is 0 Å². The minimum absolute atomic E-state index is 1.32. The van der Waals surface area contributed by atoms with Gasteiger partial charge in [0.1, 0.15) is 0 Å². The van der Waals surface area contributed by atoms with Crippen LogP contribution in [0.4, 0.5) is 0 Å². The van der Waals surface area contributed by atoms with Crippen molar-refractivity contribution in [3.63, 3.8) is 0 Å². The zero-order valence-electron chi connectivity index (χ0n) is 10.9. The van der Waals surface area contributed by atoms with Gasteiger partial charge in [-0.25, -0.2) is 0 Å². The third kappa shape index (κ3) is 1.61. The van der Waals surface area contributed by atoms with Crippen molar-refractivity contribution in [1.29, 1.82) is 0 Å². The van der Waals surface area contributed by atoms with Gasteiger partial charge in [0, 0.05) is 0 Å². The number of rotatable bonds is 1. The molecule has 19 heavy (non-hydrogen) atoms. The van der Waals surface area contributed by atoms with E-state index in [2.05, 4.69) is 73.7 Å². The third-order valence-corrected chi connectivity index (χ3v) is 3.94. The van der Waals surface area contributed by atoms with Crippen LogP contribution in [0, 0.1) is 0 Å². The van der Waals surface area contributed by atoms with E-state index in [9.17, 15) is 0 Å². The van der Waals surface area contributed by atoms with Crippen molar-refractivity contribution in [1.82, 2.24) is 0 Å². The van der Waals surface area contributed by atoms with Crippen molar-refractivity contribution in [2.24, 2.45) is 0 Å². The van der Waals surface area contributed by atoms with Crippen LogP contribution >= 0.6 is 0 Å². The van der Waals surface area contributed by atoms with Crippen LogP contribution < -0.4 is 0 Å². The topological polar surface area (TPSA) is 0 Å². The Balaban J connectivity index is 1.89. The highest BCUT2D eigenvalue weighted by Crippen LogP contribution is 2.48. The molecular weight excluding hydrogens is 228 g/mol. The van der Waals surface area contributed by atoms with Gasteiger partial charge in [0.2, 0.25) is 0 Å². The molecule has 4 rings (SSSR count). The Morgan fingerprint density at radius 1 is 0.684 bits per heavy atom. The van der Waals surface area contributed by atoms with Crippen LogP contribution in [-0.4, -0.2) is 0 Å². The summed E-state index contributed by atoms with van der Waals surface area (Å²) in [6, 6.07) is 23.8. The predicted octanol–water partition coefficient (Wildman–Crippen LogP) is 5.13. The Hall–Kier alpha value is -2.34. The van der Waals surface area contributed by atoms with E-state index in [1.165, 1.54) is 38.6 Å². The van der Waals surface area contributed by atoms with E-state index in [1.54, 1.807) is 0 Å². The lowest BCUT2D eigenvalue weighted by molar-refractivity contribution is 1.58. The number of allylic oxidation sites excluding steroid dienone is 1. The van der Waals surface area contributed by atoms with Crippen LogP contribution in [-0.2, 0) is 0 Å². The van der Waals surface area contributed by atoms with Gasteiger partial charge in [-0.2, -0.15) is 0 Å². The van der Waals surface area contributed by atoms with Gasteiger partial charge in [-0.05, 0) is 57.7 Å². The minimum atomic E-state index is 1.32. The van der Waals surface area contributed by atoms with Gasteiger partial charge in [0.05, 0.1) is 0 Å². The second-order valence-corrected chi connectivity index (χ2v) is 5.11. The highest BCUT2D eigenvalue weighted by atomic mass is 14.3. The average molecular weight is 242 g/mol. The van der Waals surface area contributed by atoms with Gasteiger partial charge in [-0.1, -0.05) is 54.6 Å². The van der Waals surface area contributed by atoms with Gasteiger partial charge >= 0.3 is 0 Å². The maximum absolute atomic E-state index is 2.31. The molecule has 0 heteroatoms. The molecule has 3 aromatic rings. The summed E-state index contributed by atoms with van der Waals surface area (Å²) in [7, 11) is 0. The molecule has 90 valence electrons. The second-order valence-electron chi connectivity index (χ2n) is 5.11. The first-order chi connectivity index (χ1) is 9.34. The zero-order chi connectivity index (χ0) is 12.8. The molecule has 0 spiro atoms. The molecule has 0 saturated carbocycles. The standard InChI is InChI=1S/C19H14/c1-13(14-7-3-2-4-8-14)19-17-11-15-9-5-6-10-16(15)12-18(17)19/h2-12H,1H3. The van der Waals surface area contributed by atoms with Crippen molar-refractivity contribution in [3.05, 3.63) is 83.4 Å². The molecule has 0 atom stereocenters. The molecule has 0 unspecified atom stereocenters. The predicted molar refractivity (Wildman–Crippen MR) is 82.0 cm³/mol. The fourth-order valence-electron chi connectivity index (χ4n) is 2.84. The molecular formula is C19H14. The van der Waals surface area contributed by atoms with Crippen LogP contribution in [0.1, 0.15) is 23.6 Å². The van der Waals surface area contributed by atoms with Gasteiger partial charge in [0.15, 0.2) is 0 Å². The summed E-state index contributed by atoms with van der Waals surface area (Å²) in [5.74, 6) is 0. The molecule has 0 fully saturated rings. The summed E-state index contributed by atoms with van der Waals surface area (Å²) in [5.41, 5.74) is 6.96. The fraction of sp³-hybridized carbons (Fsp3) is 0.0526. The molecule has 0 amide bonds. The lowest BCUT2D eigenvalue weighted by atomic mass is 10.1. The number of benzene rings is 3. The molecule has 0 aromatic heterocycles. The highest BCUT2D eigenvalue weighted by Gasteiger charge is 2.27. The molecule has 0 N–H and O–H groups in total. The van der Waals surface area contributed by atoms with E-state index >= 15 is 0 Å². The molecule has 1 aliphatic carbocycles. The molecule has 1 aliphatic rings. The summed E-state index contributed by atoms with van der Waals surface area (Å²) >= 11 is 0. The van der Waals surface area contributed by atoms with Crippen molar-refractivity contribution >= 4 is 21.9 Å². The largest absolute Gasteiger partial charge is 0.0622 e. The smallest absolute Gasteiger partial charge is 0.00632 e. The Morgan fingerprint density at radius 3 is 1.79 bits per heavy atom. The van der Waals surface area contributed by atoms with Crippen LogP contribution in [0.2, 0.25) is 0 Å². The molecule has 0 bridgehead atoms. The lowest BCUT2D eigenvalue weighted by Gasteiger charge is -1.98. The lowest BCUT2D eigenvalue weighted by Crippen LogP contribution is -1.76. The van der Waals surface area contributed by atoms with E-state index in [-0.39, 0.29) is 0 Å². The van der Waals surface area contributed by atoms with Crippen molar-refractivity contribution in [2.75, 3.05) is 0 Å². The maximum Gasteiger partial charge on any atom is -0.00632 e. The maximum atomic E-state index is 2.31. The number of hydrogen-bond acceptors (Lipinski definition) is 0. The van der Waals surface area contributed by atoms with E-state index in [1.807, 2.05) is 0 Å². The monoisotopic (exact) mass is 242 g/mol. The van der Waals surface area contributed by atoms with Gasteiger partial charge in [-0.15, -0.1) is 0 Å². The minimum Gasteiger partial charge on any atom is -0.0622 e. The summed E-state index contributed by atoms with van der Waals surface area (Å²) < 4.78 is 0. The first-order valence-corrected chi connectivity index (χ1v) is 6.64.